The smallest absolute Gasteiger partial charge is 0.210 e. The van der Waals surface area contributed by atoms with Gasteiger partial charge in [0.2, 0.25) is 5.88 Å². The van der Waals surface area contributed by atoms with Crippen LogP contribution in [0.1, 0.15) is 43.0 Å². The number of aromatic nitrogens is 1. The van der Waals surface area contributed by atoms with Gasteiger partial charge in [-0.3, -0.25) is 9.56 Å². The molecule has 0 amide bonds. The summed E-state index contributed by atoms with van der Waals surface area (Å²) in [5.41, 5.74) is 0.927. The number of benzene rings is 1. The van der Waals surface area contributed by atoms with Crippen molar-refractivity contribution >= 4 is 41.5 Å². The van der Waals surface area contributed by atoms with Crippen LogP contribution >= 0.6 is 23.6 Å². The molecule has 3 rings (SSSR count). The largest absolute Gasteiger partial charge is 0.493 e. The molecule has 0 radical (unpaired) electrons. The molecule has 1 saturated carbocycles. The molecule has 130 valence electrons. The van der Waals surface area contributed by atoms with Gasteiger partial charge in [0.15, 0.2) is 3.95 Å². The van der Waals surface area contributed by atoms with Crippen LogP contribution in [0.15, 0.2) is 53.6 Å². The van der Waals surface area contributed by atoms with E-state index in [-0.39, 0.29) is 0 Å². The van der Waals surface area contributed by atoms with Crippen molar-refractivity contribution in [1.82, 2.24) is 4.57 Å². The summed E-state index contributed by atoms with van der Waals surface area (Å²) in [6.45, 7) is 0. The van der Waals surface area contributed by atoms with E-state index in [1.807, 2.05) is 59.2 Å². The molecule has 1 aliphatic rings. The highest BCUT2D eigenvalue weighted by Crippen LogP contribution is 2.36. The Kier molecular flexibility index (Phi) is 6.36. The molecular formula is C20H22N2OS2. The number of nitrogens with zero attached hydrogens (tertiary/aromatic N) is 2. The van der Waals surface area contributed by atoms with Gasteiger partial charge in [0.05, 0.1) is 10.6 Å². The van der Waals surface area contributed by atoms with Gasteiger partial charge in [-0.15, -0.1) is 11.3 Å². The summed E-state index contributed by atoms with van der Waals surface area (Å²) in [7, 11) is 0. The summed E-state index contributed by atoms with van der Waals surface area (Å²) >= 11 is 6.93. The summed E-state index contributed by atoms with van der Waals surface area (Å²) in [6, 6.07) is 10.2. The molecule has 1 aliphatic carbocycles. The number of rotatable bonds is 5. The van der Waals surface area contributed by atoms with Crippen molar-refractivity contribution in [2.75, 3.05) is 0 Å². The Labute approximate surface area is 157 Å². The number of aliphatic imine (C=N–C) groups is 1. The van der Waals surface area contributed by atoms with Gasteiger partial charge < -0.3 is 5.11 Å². The zero-order valence-corrected chi connectivity index (χ0v) is 15.7. The molecule has 0 saturated heterocycles. The number of aromatic hydroxyl groups is 1. The Morgan fingerprint density at radius 1 is 1.08 bits per heavy atom. The highest BCUT2D eigenvalue weighted by molar-refractivity contribution is 7.73. The van der Waals surface area contributed by atoms with Crippen molar-refractivity contribution in [3.05, 3.63) is 57.4 Å². The number of thiazole rings is 1. The fraction of sp³-hybridized carbons (Fsp3) is 0.300. The Bertz CT molecular complexity index is 825. The van der Waals surface area contributed by atoms with Crippen molar-refractivity contribution in [2.24, 2.45) is 4.99 Å². The fourth-order valence-corrected chi connectivity index (χ4v) is 4.43. The lowest BCUT2D eigenvalue weighted by Crippen LogP contribution is -2.12. The second-order valence-electron chi connectivity index (χ2n) is 6.08. The van der Waals surface area contributed by atoms with E-state index in [9.17, 15) is 5.11 Å². The molecule has 1 aromatic carbocycles. The lowest BCUT2D eigenvalue weighted by atomic mass is 9.95. The van der Waals surface area contributed by atoms with Gasteiger partial charge >= 0.3 is 0 Å². The minimum absolute atomic E-state index is 0.310. The van der Waals surface area contributed by atoms with Crippen molar-refractivity contribution < 1.29 is 5.11 Å². The zero-order chi connectivity index (χ0) is 17.5. The molecule has 5 heteroatoms. The fourth-order valence-electron chi connectivity index (χ4n) is 3.06. The summed E-state index contributed by atoms with van der Waals surface area (Å²) in [5, 5.41) is 10.5. The van der Waals surface area contributed by atoms with E-state index < -0.39 is 0 Å². The lowest BCUT2D eigenvalue weighted by Gasteiger charge is -2.23. The molecule has 0 spiro atoms. The zero-order valence-electron chi connectivity index (χ0n) is 14.0. The van der Waals surface area contributed by atoms with Crippen LogP contribution in [0.3, 0.4) is 0 Å². The Hall–Kier alpha value is -1.98. The predicted molar refractivity (Wildman–Crippen MR) is 110 cm³/mol. The first-order valence-electron chi connectivity index (χ1n) is 8.62. The molecule has 25 heavy (non-hydrogen) atoms. The number of hydrogen-bond acceptors (Lipinski definition) is 4. The third kappa shape index (κ3) is 4.77. The Morgan fingerprint density at radius 3 is 2.60 bits per heavy atom. The average Bonchev–Trinajstić information content (AvgIpc) is 2.93. The first-order valence-corrected chi connectivity index (χ1v) is 9.85. The van der Waals surface area contributed by atoms with E-state index in [2.05, 4.69) is 4.99 Å². The highest BCUT2D eigenvalue weighted by Gasteiger charge is 2.20. The monoisotopic (exact) mass is 370 g/mol. The normalized spacial score (nSPS) is 16.5. The molecule has 3 nitrogen and oxygen atoms in total. The van der Waals surface area contributed by atoms with Crippen LogP contribution in [0, 0.1) is 3.95 Å². The van der Waals surface area contributed by atoms with E-state index in [0.29, 0.717) is 11.9 Å². The first kappa shape index (κ1) is 17.8. The van der Waals surface area contributed by atoms with Gasteiger partial charge in [-0.25, -0.2) is 0 Å². The molecule has 2 aromatic rings. The standard InChI is InChI=1S/C20H22N2OS2/c23-19-18(25-20(24)22(19)17-12-6-2-7-13-17)14-8-3-9-15-21-16-10-4-1-5-11-16/h1,3-5,8-11,14-15,17,23H,2,6-7,12-13H2. The van der Waals surface area contributed by atoms with E-state index in [1.54, 1.807) is 6.21 Å². The van der Waals surface area contributed by atoms with Crippen LogP contribution in [0.5, 0.6) is 5.88 Å². The van der Waals surface area contributed by atoms with Gasteiger partial charge in [0, 0.05) is 12.3 Å². The van der Waals surface area contributed by atoms with Crippen LogP contribution in [0.2, 0.25) is 0 Å². The Balaban J connectivity index is 1.64. The average molecular weight is 371 g/mol. The lowest BCUT2D eigenvalue weighted by molar-refractivity contribution is 0.312. The predicted octanol–water partition coefficient (Wildman–Crippen LogP) is 6.46. The third-order valence-electron chi connectivity index (χ3n) is 4.32. The molecule has 1 N–H and O–H groups in total. The van der Waals surface area contributed by atoms with E-state index >= 15 is 0 Å². The van der Waals surface area contributed by atoms with Crippen LogP contribution in [-0.4, -0.2) is 15.9 Å². The maximum absolute atomic E-state index is 10.5. The number of para-hydroxylation sites is 1. The molecular weight excluding hydrogens is 348 g/mol. The third-order valence-corrected chi connectivity index (χ3v) is 5.67. The van der Waals surface area contributed by atoms with E-state index in [1.165, 1.54) is 30.6 Å². The van der Waals surface area contributed by atoms with E-state index in [4.69, 9.17) is 12.2 Å². The van der Waals surface area contributed by atoms with E-state index in [0.717, 1.165) is 27.4 Å². The second-order valence-corrected chi connectivity index (χ2v) is 7.75. The summed E-state index contributed by atoms with van der Waals surface area (Å²) in [6.07, 6.45) is 15.3. The minimum atomic E-state index is 0.310. The van der Waals surface area contributed by atoms with Crippen LogP contribution < -0.4 is 0 Å². The number of hydrogen-bond donors (Lipinski definition) is 1. The highest BCUT2D eigenvalue weighted by atomic mass is 32.1. The second kappa shape index (κ2) is 8.92. The van der Waals surface area contributed by atoms with Gasteiger partial charge in [-0.05, 0) is 49.3 Å². The molecule has 0 atom stereocenters. The van der Waals surface area contributed by atoms with Crippen molar-refractivity contribution in [3.63, 3.8) is 0 Å². The van der Waals surface area contributed by atoms with Gasteiger partial charge in [-0.2, -0.15) is 0 Å². The van der Waals surface area contributed by atoms with Gasteiger partial charge in [0.25, 0.3) is 0 Å². The maximum Gasteiger partial charge on any atom is 0.210 e. The van der Waals surface area contributed by atoms with Crippen LogP contribution in [0.4, 0.5) is 5.69 Å². The minimum Gasteiger partial charge on any atom is -0.493 e. The van der Waals surface area contributed by atoms with Crippen molar-refractivity contribution in [3.8, 4) is 5.88 Å². The van der Waals surface area contributed by atoms with Gasteiger partial charge in [0.1, 0.15) is 0 Å². The van der Waals surface area contributed by atoms with Crippen LogP contribution in [0.25, 0.3) is 6.08 Å². The van der Waals surface area contributed by atoms with Crippen molar-refractivity contribution in [2.45, 2.75) is 38.1 Å². The molecule has 0 bridgehead atoms. The number of allylic oxidation sites excluding steroid dienone is 3. The quantitative estimate of drug-likeness (QED) is 0.372. The van der Waals surface area contributed by atoms with Gasteiger partial charge in [-0.1, -0.05) is 49.6 Å². The summed E-state index contributed by atoms with van der Waals surface area (Å²) in [4.78, 5) is 5.15. The molecule has 1 fully saturated rings. The molecule has 1 aromatic heterocycles. The SMILES string of the molecule is Oc1c(C=CC=CC=Nc2ccccc2)sc(=S)n1C1CCCCC1. The summed E-state index contributed by atoms with van der Waals surface area (Å²) in [5.74, 6) is 0.310. The molecule has 0 unspecified atom stereocenters. The Morgan fingerprint density at radius 2 is 1.84 bits per heavy atom. The first-order chi connectivity index (χ1) is 12.3. The van der Waals surface area contributed by atoms with Crippen LogP contribution in [-0.2, 0) is 0 Å². The topological polar surface area (TPSA) is 37.5 Å². The molecule has 0 aliphatic heterocycles. The van der Waals surface area contributed by atoms with Crippen molar-refractivity contribution in [1.29, 1.82) is 0 Å². The maximum atomic E-state index is 10.5. The molecule has 1 heterocycles. The summed E-state index contributed by atoms with van der Waals surface area (Å²) < 4.78 is 2.71.